The maximum atomic E-state index is 5.84. The number of hydrogen-bond donors (Lipinski definition) is 2. The predicted octanol–water partition coefficient (Wildman–Crippen LogP) is 2.04. The van der Waals surface area contributed by atoms with Gasteiger partial charge in [0.2, 0.25) is 0 Å². The van der Waals surface area contributed by atoms with Crippen LogP contribution in [0.15, 0.2) is 27.8 Å². The Kier molecular flexibility index (Phi) is 9.13. The van der Waals surface area contributed by atoms with E-state index in [-0.39, 0.29) is 6.10 Å². The van der Waals surface area contributed by atoms with Crippen molar-refractivity contribution in [3.05, 3.63) is 24.2 Å². The van der Waals surface area contributed by atoms with Gasteiger partial charge in [-0.3, -0.25) is 9.89 Å². The van der Waals surface area contributed by atoms with E-state index in [1.165, 1.54) is 19.4 Å². The Morgan fingerprint density at radius 2 is 2.25 bits per heavy atom. The molecule has 3 heterocycles. The zero-order valence-electron chi connectivity index (χ0n) is 17.2. The number of furan rings is 1. The number of ether oxygens (including phenoxy) is 2. The zero-order valence-corrected chi connectivity index (χ0v) is 17.2. The van der Waals surface area contributed by atoms with Gasteiger partial charge in [0, 0.05) is 38.8 Å². The third kappa shape index (κ3) is 7.11. The van der Waals surface area contributed by atoms with Crippen molar-refractivity contribution in [1.29, 1.82) is 0 Å². The van der Waals surface area contributed by atoms with Crippen LogP contribution in [0.4, 0.5) is 0 Å². The van der Waals surface area contributed by atoms with Crippen molar-refractivity contribution in [2.75, 3.05) is 52.5 Å². The highest BCUT2D eigenvalue weighted by Crippen LogP contribution is 2.16. The molecule has 7 nitrogen and oxygen atoms in total. The molecule has 2 fully saturated rings. The number of aliphatic imine (C=N–C) groups is 1. The summed E-state index contributed by atoms with van der Waals surface area (Å²) in [6, 6.07) is 4.50. The highest BCUT2D eigenvalue weighted by molar-refractivity contribution is 5.79. The molecule has 2 atom stereocenters. The fourth-order valence-corrected chi connectivity index (χ4v) is 3.82. The van der Waals surface area contributed by atoms with Crippen molar-refractivity contribution < 1.29 is 13.9 Å². The van der Waals surface area contributed by atoms with Crippen LogP contribution in [0.25, 0.3) is 0 Å². The smallest absolute Gasteiger partial charge is 0.191 e. The van der Waals surface area contributed by atoms with Gasteiger partial charge in [0.25, 0.3) is 0 Å². The zero-order chi connectivity index (χ0) is 19.4. The number of likely N-dealkylation sites (N-methyl/N-ethyl adjacent to an activating group) is 1. The number of nitrogens with one attached hydrogen (secondary N) is 2. The Hall–Kier alpha value is -1.57. The van der Waals surface area contributed by atoms with E-state index in [0.29, 0.717) is 6.04 Å². The lowest BCUT2D eigenvalue weighted by Crippen LogP contribution is -2.40. The fraction of sp³-hybridized carbons (Fsp3) is 0.762. The Balaban J connectivity index is 1.40. The summed E-state index contributed by atoms with van der Waals surface area (Å²) in [6.45, 7) is 9.37. The first-order valence-electron chi connectivity index (χ1n) is 10.8. The normalized spacial score (nSPS) is 23.4. The molecule has 2 aliphatic rings. The predicted molar refractivity (Wildman–Crippen MR) is 111 cm³/mol. The van der Waals surface area contributed by atoms with Gasteiger partial charge in [-0.05, 0) is 50.9 Å². The molecular formula is C21H36N4O3. The molecule has 0 saturated carbocycles. The molecule has 0 bridgehead atoms. The SMILES string of the molecule is CCN1CCCC1CN=C(NCCCOC1CCOC1)NCCc1ccco1. The van der Waals surface area contributed by atoms with Crippen LogP contribution in [0.3, 0.4) is 0 Å². The lowest BCUT2D eigenvalue weighted by molar-refractivity contribution is 0.0420. The fourth-order valence-electron chi connectivity index (χ4n) is 3.82. The second kappa shape index (κ2) is 12.1. The highest BCUT2D eigenvalue weighted by Gasteiger charge is 2.22. The molecule has 3 rings (SSSR count). The number of hydrogen-bond acceptors (Lipinski definition) is 5. The van der Waals surface area contributed by atoms with E-state index in [2.05, 4.69) is 22.5 Å². The van der Waals surface area contributed by atoms with Gasteiger partial charge >= 0.3 is 0 Å². The van der Waals surface area contributed by atoms with Crippen LogP contribution in [-0.2, 0) is 15.9 Å². The van der Waals surface area contributed by atoms with Gasteiger partial charge < -0.3 is 24.5 Å². The van der Waals surface area contributed by atoms with Crippen LogP contribution in [0.5, 0.6) is 0 Å². The van der Waals surface area contributed by atoms with Crippen molar-refractivity contribution >= 4 is 5.96 Å². The minimum atomic E-state index is 0.280. The lowest BCUT2D eigenvalue weighted by atomic mass is 10.2. The summed E-state index contributed by atoms with van der Waals surface area (Å²) in [5, 5.41) is 6.91. The van der Waals surface area contributed by atoms with Crippen LogP contribution >= 0.6 is 0 Å². The molecule has 0 spiro atoms. The standard InChI is InChI=1S/C21H36N4O3/c1-2-25-12-3-6-18(25)16-24-21(23-11-8-19-7-4-13-27-19)22-10-5-14-28-20-9-15-26-17-20/h4,7,13,18,20H,2-3,5-6,8-12,14-17H2,1H3,(H2,22,23,24). The monoisotopic (exact) mass is 392 g/mol. The topological polar surface area (TPSA) is 71.3 Å². The minimum absolute atomic E-state index is 0.280. The Morgan fingerprint density at radius 3 is 3.04 bits per heavy atom. The van der Waals surface area contributed by atoms with Crippen LogP contribution in [0, 0.1) is 0 Å². The second-order valence-electron chi connectivity index (χ2n) is 7.51. The van der Waals surface area contributed by atoms with Gasteiger partial charge in [-0.1, -0.05) is 6.92 Å². The maximum absolute atomic E-state index is 5.84. The number of rotatable bonds is 11. The molecular weight excluding hydrogens is 356 g/mol. The lowest BCUT2D eigenvalue weighted by Gasteiger charge is -2.21. The molecule has 2 saturated heterocycles. The minimum Gasteiger partial charge on any atom is -0.469 e. The van der Waals surface area contributed by atoms with E-state index in [0.717, 1.165) is 77.0 Å². The van der Waals surface area contributed by atoms with Gasteiger partial charge in [0.15, 0.2) is 5.96 Å². The van der Waals surface area contributed by atoms with Gasteiger partial charge in [0.1, 0.15) is 5.76 Å². The molecule has 7 heteroatoms. The van der Waals surface area contributed by atoms with Crippen LogP contribution in [0.2, 0.25) is 0 Å². The third-order valence-electron chi connectivity index (χ3n) is 5.46. The molecule has 0 amide bonds. The van der Waals surface area contributed by atoms with Gasteiger partial charge in [-0.2, -0.15) is 0 Å². The quantitative estimate of drug-likeness (QED) is 0.341. The summed E-state index contributed by atoms with van der Waals surface area (Å²) in [5.74, 6) is 1.88. The second-order valence-corrected chi connectivity index (χ2v) is 7.51. The van der Waals surface area contributed by atoms with Crippen molar-refractivity contribution in [2.24, 2.45) is 4.99 Å². The summed E-state index contributed by atoms with van der Waals surface area (Å²) in [5.41, 5.74) is 0. The van der Waals surface area contributed by atoms with Crippen molar-refractivity contribution in [1.82, 2.24) is 15.5 Å². The summed E-state index contributed by atoms with van der Waals surface area (Å²) in [6.07, 6.45) is 7.35. The van der Waals surface area contributed by atoms with Gasteiger partial charge in [0.05, 0.1) is 25.5 Å². The Bertz CT molecular complexity index is 558. The molecule has 2 aliphatic heterocycles. The van der Waals surface area contributed by atoms with Crippen LogP contribution in [0.1, 0.15) is 38.4 Å². The van der Waals surface area contributed by atoms with Crippen molar-refractivity contribution in [2.45, 2.75) is 51.2 Å². The molecule has 28 heavy (non-hydrogen) atoms. The number of likely N-dealkylation sites (tertiary alicyclic amines) is 1. The van der Waals surface area contributed by atoms with E-state index in [4.69, 9.17) is 18.9 Å². The molecule has 1 aromatic heterocycles. The molecule has 158 valence electrons. The molecule has 0 aromatic carbocycles. The summed E-state index contributed by atoms with van der Waals surface area (Å²) >= 11 is 0. The first-order valence-corrected chi connectivity index (χ1v) is 10.8. The Morgan fingerprint density at radius 1 is 1.32 bits per heavy atom. The van der Waals surface area contributed by atoms with Crippen LogP contribution in [-0.4, -0.2) is 75.5 Å². The third-order valence-corrected chi connectivity index (χ3v) is 5.46. The van der Waals surface area contributed by atoms with Crippen molar-refractivity contribution in [3.63, 3.8) is 0 Å². The first kappa shape index (κ1) is 21.1. The maximum Gasteiger partial charge on any atom is 0.191 e. The van der Waals surface area contributed by atoms with E-state index >= 15 is 0 Å². The Labute approximate surface area is 168 Å². The summed E-state index contributed by atoms with van der Waals surface area (Å²) < 4.78 is 16.6. The van der Waals surface area contributed by atoms with E-state index in [1.807, 2.05) is 12.1 Å². The molecule has 0 radical (unpaired) electrons. The number of guanidine groups is 1. The van der Waals surface area contributed by atoms with Gasteiger partial charge in [-0.25, -0.2) is 0 Å². The van der Waals surface area contributed by atoms with Gasteiger partial charge in [-0.15, -0.1) is 0 Å². The average Bonchev–Trinajstić information content (AvgIpc) is 3.47. The van der Waals surface area contributed by atoms with E-state index < -0.39 is 0 Å². The molecule has 2 unspecified atom stereocenters. The van der Waals surface area contributed by atoms with Crippen molar-refractivity contribution in [3.8, 4) is 0 Å². The average molecular weight is 393 g/mol. The summed E-state index contributed by atoms with van der Waals surface area (Å²) in [4.78, 5) is 7.39. The first-order chi connectivity index (χ1) is 13.8. The van der Waals surface area contributed by atoms with E-state index in [1.54, 1.807) is 6.26 Å². The highest BCUT2D eigenvalue weighted by atomic mass is 16.5. The summed E-state index contributed by atoms with van der Waals surface area (Å²) in [7, 11) is 0. The van der Waals surface area contributed by atoms with Crippen LogP contribution < -0.4 is 10.6 Å². The molecule has 0 aliphatic carbocycles. The number of nitrogens with zero attached hydrogens (tertiary/aromatic N) is 2. The largest absolute Gasteiger partial charge is 0.469 e. The molecule has 2 N–H and O–H groups in total. The molecule has 1 aromatic rings. The van der Waals surface area contributed by atoms with E-state index in [9.17, 15) is 0 Å².